The number of aryl methyl sites for hydroxylation is 1. The highest BCUT2D eigenvalue weighted by Crippen LogP contribution is 2.28. The number of hydrogen-bond acceptors (Lipinski definition) is 5. The summed E-state index contributed by atoms with van der Waals surface area (Å²) in [5.41, 5.74) is 1.14. The number of methoxy groups -OCH3 is 2. The minimum Gasteiger partial charge on any atom is -0.497 e. The van der Waals surface area contributed by atoms with Crippen LogP contribution in [0.4, 0.5) is 5.69 Å². The third-order valence-electron chi connectivity index (χ3n) is 2.70. The standard InChI is InChI=1S/C14H16N2O4/c1-9-6-10(16-20-9)7-14(17)15-12-8-11(18-2)4-5-13(12)19-3/h4-6,8H,7H2,1-3H3,(H,15,17). The molecule has 20 heavy (non-hydrogen) atoms. The number of nitrogens with zero attached hydrogens (tertiary/aromatic N) is 1. The maximum absolute atomic E-state index is 12.0. The molecule has 1 heterocycles. The number of anilines is 1. The number of benzene rings is 1. The molecule has 0 unspecified atom stereocenters. The maximum Gasteiger partial charge on any atom is 0.230 e. The van der Waals surface area contributed by atoms with Crippen LogP contribution in [0.15, 0.2) is 28.8 Å². The molecule has 2 aromatic rings. The Morgan fingerprint density at radius 3 is 2.70 bits per heavy atom. The Balaban J connectivity index is 2.10. The Labute approximate surface area is 116 Å². The molecule has 0 saturated carbocycles. The van der Waals surface area contributed by atoms with E-state index in [1.165, 1.54) is 0 Å². The van der Waals surface area contributed by atoms with Crippen molar-refractivity contribution in [3.63, 3.8) is 0 Å². The van der Waals surface area contributed by atoms with Gasteiger partial charge < -0.3 is 19.3 Å². The van der Waals surface area contributed by atoms with E-state index in [1.807, 2.05) is 0 Å². The predicted molar refractivity (Wildman–Crippen MR) is 73.1 cm³/mol. The maximum atomic E-state index is 12.0. The van der Waals surface area contributed by atoms with Crippen molar-refractivity contribution in [3.05, 3.63) is 35.7 Å². The minimum atomic E-state index is -0.204. The van der Waals surface area contributed by atoms with E-state index in [-0.39, 0.29) is 12.3 Å². The van der Waals surface area contributed by atoms with Gasteiger partial charge in [0.15, 0.2) is 0 Å². The van der Waals surface area contributed by atoms with Crippen LogP contribution in [0.5, 0.6) is 11.5 Å². The number of hydrogen-bond donors (Lipinski definition) is 1. The van der Waals surface area contributed by atoms with Crippen LogP contribution in [-0.2, 0) is 11.2 Å². The van der Waals surface area contributed by atoms with Crippen molar-refractivity contribution >= 4 is 11.6 Å². The van der Waals surface area contributed by atoms with Crippen molar-refractivity contribution in [1.29, 1.82) is 0 Å². The van der Waals surface area contributed by atoms with Crippen molar-refractivity contribution in [1.82, 2.24) is 5.16 Å². The van der Waals surface area contributed by atoms with Crippen molar-refractivity contribution in [2.45, 2.75) is 13.3 Å². The summed E-state index contributed by atoms with van der Waals surface area (Å²) in [6.45, 7) is 1.78. The zero-order valence-electron chi connectivity index (χ0n) is 11.6. The molecule has 1 aromatic heterocycles. The normalized spacial score (nSPS) is 10.2. The number of ether oxygens (including phenoxy) is 2. The average molecular weight is 276 g/mol. The molecule has 0 radical (unpaired) electrons. The lowest BCUT2D eigenvalue weighted by Gasteiger charge is -2.11. The monoisotopic (exact) mass is 276 g/mol. The van der Waals surface area contributed by atoms with Crippen LogP contribution in [0, 0.1) is 6.92 Å². The van der Waals surface area contributed by atoms with Crippen LogP contribution in [0.25, 0.3) is 0 Å². The summed E-state index contributed by atoms with van der Waals surface area (Å²) in [6, 6.07) is 6.91. The molecule has 0 aliphatic rings. The third-order valence-corrected chi connectivity index (χ3v) is 2.70. The van der Waals surface area contributed by atoms with Gasteiger partial charge in [-0.05, 0) is 19.1 Å². The molecule has 0 bridgehead atoms. The topological polar surface area (TPSA) is 73.6 Å². The molecule has 2 rings (SSSR count). The Bertz CT molecular complexity index is 607. The number of aromatic nitrogens is 1. The highest BCUT2D eigenvalue weighted by Gasteiger charge is 2.11. The fourth-order valence-electron chi connectivity index (χ4n) is 1.77. The summed E-state index contributed by atoms with van der Waals surface area (Å²) < 4.78 is 15.2. The van der Waals surface area contributed by atoms with Gasteiger partial charge in [-0.3, -0.25) is 4.79 Å². The lowest BCUT2D eigenvalue weighted by molar-refractivity contribution is -0.115. The van der Waals surface area contributed by atoms with Crippen molar-refractivity contribution in [3.8, 4) is 11.5 Å². The third kappa shape index (κ3) is 3.28. The van der Waals surface area contributed by atoms with Crippen LogP contribution in [0.1, 0.15) is 11.5 Å². The smallest absolute Gasteiger partial charge is 0.230 e. The lowest BCUT2D eigenvalue weighted by Crippen LogP contribution is -2.15. The molecular weight excluding hydrogens is 260 g/mol. The van der Waals surface area contributed by atoms with E-state index in [0.29, 0.717) is 28.6 Å². The predicted octanol–water partition coefficient (Wildman–Crippen LogP) is 2.18. The van der Waals surface area contributed by atoms with Crippen LogP contribution in [0.3, 0.4) is 0 Å². The molecule has 1 amide bonds. The zero-order valence-corrected chi connectivity index (χ0v) is 11.6. The highest BCUT2D eigenvalue weighted by atomic mass is 16.5. The van der Waals surface area contributed by atoms with Gasteiger partial charge in [0.05, 0.1) is 32.0 Å². The molecule has 0 aliphatic carbocycles. The van der Waals surface area contributed by atoms with E-state index in [0.717, 1.165) is 0 Å². The molecule has 0 aliphatic heterocycles. The fraction of sp³-hybridized carbons (Fsp3) is 0.286. The van der Waals surface area contributed by atoms with Crippen molar-refractivity contribution < 1.29 is 18.8 Å². The van der Waals surface area contributed by atoms with Crippen LogP contribution in [0.2, 0.25) is 0 Å². The Hall–Kier alpha value is -2.50. The average Bonchev–Trinajstić information content (AvgIpc) is 2.83. The quantitative estimate of drug-likeness (QED) is 0.906. The molecule has 0 saturated heterocycles. The number of carbonyl (C=O) groups is 1. The van der Waals surface area contributed by atoms with E-state index in [2.05, 4.69) is 10.5 Å². The van der Waals surface area contributed by atoms with Gasteiger partial charge in [-0.2, -0.15) is 0 Å². The first kappa shape index (κ1) is 13.9. The zero-order chi connectivity index (χ0) is 14.5. The van der Waals surface area contributed by atoms with Gasteiger partial charge in [0.25, 0.3) is 0 Å². The fourth-order valence-corrected chi connectivity index (χ4v) is 1.77. The Kier molecular flexibility index (Phi) is 4.24. The van der Waals surface area contributed by atoms with Crippen LogP contribution >= 0.6 is 0 Å². The summed E-state index contributed by atoms with van der Waals surface area (Å²) in [5.74, 6) is 1.67. The largest absolute Gasteiger partial charge is 0.497 e. The van der Waals surface area contributed by atoms with Gasteiger partial charge in [0.2, 0.25) is 5.91 Å². The number of rotatable bonds is 5. The molecule has 1 N–H and O–H groups in total. The first-order chi connectivity index (χ1) is 9.62. The summed E-state index contributed by atoms with van der Waals surface area (Å²) in [7, 11) is 3.10. The second-order valence-electron chi connectivity index (χ2n) is 4.22. The van der Waals surface area contributed by atoms with E-state index in [9.17, 15) is 4.79 Å². The van der Waals surface area contributed by atoms with Gasteiger partial charge in [-0.15, -0.1) is 0 Å². The number of amides is 1. The number of carbonyl (C=O) groups excluding carboxylic acids is 1. The second-order valence-corrected chi connectivity index (χ2v) is 4.22. The Morgan fingerprint density at radius 1 is 1.30 bits per heavy atom. The van der Waals surface area contributed by atoms with Gasteiger partial charge in [-0.25, -0.2) is 0 Å². The molecule has 1 aromatic carbocycles. The summed E-state index contributed by atoms with van der Waals surface area (Å²) >= 11 is 0. The molecular formula is C14H16N2O4. The molecule has 0 fully saturated rings. The minimum absolute atomic E-state index is 0.137. The van der Waals surface area contributed by atoms with Crippen LogP contribution in [-0.4, -0.2) is 25.3 Å². The van der Waals surface area contributed by atoms with Crippen LogP contribution < -0.4 is 14.8 Å². The first-order valence-electron chi connectivity index (χ1n) is 6.06. The lowest BCUT2D eigenvalue weighted by atomic mass is 10.2. The summed E-state index contributed by atoms with van der Waals surface area (Å²) in [6.07, 6.45) is 0.137. The van der Waals surface area contributed by atoms with E-state index >= 15 is 0 Å². The molecule has 106 valence electrons. The highest BCUT2D eigenvalue weighted by molar-refractivity contribution is 5.93. The van der Waals surface area contributed by atoms with Gasteiger partial charge in [0.1, 0.15) is 17.3 Å². The molecule has 0 spiro atoms. The van der Waals surface area contributed by atoms with Gasteiger partial charge in [-0.1, -0.05) is 5.16 Å². The summed E-state index contributed by atoms with van der Waals surface area (Å²) in [5, 5.41) is 6.55. The van der Waals surface area contributed by atoms with E-state index in [1.54, 1.807) is 45.4 Å². The molecule has 0 atom stereocenters. The SMILES string of the molecule is COc1ccc(OC)c(NC(=O)Cc2cc(C)on2)c1. The first-order valence-corrected chi connectivity index (χ1v) is 6.06. The van der Waals surface area contributed by atoms with Gasteiger partial charge >= 0.3 is 0 Å². The summed E-state index contributed by atoms with van der Waals surface area (Å²) in [4.78, 5) is 12.0. The van der Waals surface area contributed by atoms with Crippen molar-refractivity contribution in [2.75, 3.05) is 19.5 Å². The molecule has 6 heteroatoms. The second kappa shape index (κ2) is 6.10. The number of nitrogens with one attached hydrogen (secondary N) is 1. The van der Waals surface area contributed by atoms with E-state index in [4.69, 9.17) is 14.0 Å². The van der Waals surface area contributed by atoms with Crippen molar-refractivity contribution in [2.24, 2.45) is 0 Å². The molecule has 6 nitrogen and oxygen atoms in total. The van der Waals surface area contributed by atoms with Gasteiger partial charge in [0, 0.05) is 12.1 Å². The van der Waals surface area contributed by atoms with E-state index < -0.39 is 0 Å². The Morgan fingerprint density at radius 2 is 2.10 bits per heavy atom.